The molecular weight excluding hydrogens is 314 g/mol. The zero-order valence-electron chi connectivity index (χ0n) is 13.4. The van der Waals surface area contributed by atoms with Gasteiger partial charge in [-0.05, 0) is 44.4 Å². The zero-order chi connectivity index (χ0) is 15.5. The number of carbonyl (C=O) groups excluding carboxylic acids is 2. The third-order valence-corrected chi connectivity index (χ3v) is 4.57. The van der Waals surface area contributed by atoms with E-state index < -0.39 is 0 Å². The maximum atomic E-state index is 12.8. The Balaban J connectivity index is 0.00000192. The largest absolute Gasteiger partial charge is 0.339 e. The van der Waals surface area contributed by atoms with Gasteiger partial charge in [0.25, 0.3) is 5.91 Å². The van der Waals surface area contributed by atoms with E-state index in [4.69, 9.17) is 0 Å². The van der Waals surface area contributed by atoms with E-state index in [2.05, 4.69) is 10.6 Å². The first-order chi connectivity index (χ1) is 10.7. The quantitative estimate of drug-likeness (QED) is 0.889. The summed E-state index contributed by atoms with van der Waals surface area (Å²) in [7, 11) is 0. The van der Waals surface area contributed by atoms with Crippen molar-refractivity contribution in [1.82, 2.24) is 10.2 Å². The highest BCUT2D eigenvalue weighted by Crippen LogP contribution is 2.24. The molecule has 1 aromatic rings. The number of carbonyl (C=O) groups is 2. The van der Waals surface area contributed by atoms with Gasteiger partial charge in [0, 0.05) is 19.6 Å². The van der Waals surface area contributed by atoms with Gasteiger partial charge in [0.1, 0.15) is 0 Å². The van der Waals surface area contributed by atoms with E-state index in [-0.39, 0.29) is 30.1 Å². The van der Waals surface area contributed by atoms with Crippen LogP contribution in [0.4, 0.5) is 5.69 Å². The lowest BCUT2D eigenvalue weighted by atomic mass is 10.0. The van der Waals surface area contributed by atoms with Crippen LogP contribution in [0.25, 0.3) is 0 Å². The first-order valence-electron chi connectivity index (χ1n) is 8.07. The number of benzene rings is 1. The molecule has 2 saturated heterocycles. The molecule has 1 aromatic carbocycles. The van der Waals surface area contributed by atoms with Crippen LogP contribution in [0.5, 0.6) is 0 Å². The summed E-state index contributed by atoms with van der Waals surface area (Å²) in [5, 5.41) is 6.17. The van der Waals surface area contributed by atoms with E-state index in [9.17, 15) is 9.59 Å². The van der Waals surface area contributed by atoms with E-state index in [1.165, 1.54) is 0 Å². The summed E-state index contributed by atoms with van der Waals surface area (Å²) in [4.78, 5) is 27.0. The van der Waals surface area contributed by atoms with Crippen LogP contribution in [0.15, 0.2) is 18.2 Å². The summed E-state index contributed by atoms with van der Waals surface area (Å²) in [5.41, 5.74) is 2.21. The van der Waals surface area contributed by atoms with Crippen LogP contribution >= 0.6 is 12.4 Å². The number of nitrogens with zero attached hydrogens (tertiary/aromatic N) is 1. The summed E-state index contributed by atoms with van der Waals surface area (Å²) in [5.74, 6) is 0.0387. The van der Waals surface area contributed by atoms with Crippen LogP contribution < -0.4 is 10.6 Å². The fourth-order valence-corrected chi connectivity index (χ4v) is 3.25. The molecule has 126 valence electrons. The molecular formula is C17H24ClN3O2. The minimum atomic E-state index is -0.00440. The zero-order valence-corrected chi connectivity index (χ0v) is 14.2. The molecule has 0 aliphatic carbocycles. The summed E-state index contributed by atoms with van der Waals surface area (Å²) in [6, 6.07) is 5.64. The Hall–Kier alpha value is -1.59. The van der Waals surface area contributed by atoms with Gasteiger partial charge in [-0.15, -0.1) is 12.4 Å². The van der Waals surface area contributed by atoms with Crippen molar-refractivity contribution in [1.29, 1.82) is 0 Å². The van der Waals surface area contributed by atoms with Crippen LogP contribution in [-0.4, -0.2) is 42.9 Å². The minimum Gasteiger partial charge on any atom is -0.339 e. The van der Waals surface area contributed by atoms with Gasteiger partial charge in [-0.2, -0.15) is 0 Å². The van der Waals surface area contributed by atoms with Crippen LogP contribution in [0.1, 0.15) is 35.2 Å². The number of anilines is 1. The highest BCUT2D eigenvalue weighted by Gasteiger charge is 2.26. The van der Waals surface area contributed by atoms with Crippen LogP contribution in [-0.2, 0) is 4.79 Å². The predicted octanol–water partition coefficient (Wildman–Crippen LogP) is 2.20. The second kappa shape index (κ2) is 7.79. The third kappa shape index (κ3) is 3.85. The molecule has 3 rings (SSSR count). The number of aryl methyl sites for hydroxylation is 1. The number of nitrogens with one attached hydrogen (secondary N) is 2. The number of amides is 2. The average molecular weight is 338 g/mol. The Morgan fingerprint density at radius 2 is 2.00 bits per heavy atom. The lowest BCUT2D eigenvalue weighted by molar-refractivity contribution is -0.119. The lowest BCUT2D eigenvalue weighted by Crippen LogP contribution is -2.31. The first kappa shape index (κ1) is 17.8. The molecule has 0 aromatic heterocycles. The molecule has 2 aliphatic rings. The molecule has 2 fully saturated rings. The second-order valence-corrected chi connectivity index (χ2v) is 6.18. The predicted molar refractivity (Wildman–Crippen MR) is 93.2 cm³/mol. The molecule has 5 nitrogen and oxygen atoms in total. The number of hydrogen-bond acceptors (Lipinski definition) is 3. The molecule has 23 heavy (non-hydrogen) atoms. The Morgan fingerprint density at radius 3 is 2.65 bits per heavy atom. The topological polar surface area (TPSA) is 61.4 Å². The molecule has 0 bridgehead atoms. The third-order valence-electron chi connectivity index (χ3n) is 4.57. The Morgan fingerprint density at radius 1 is 1.26 bits per heavy atom. The fourth-order valence-electron chi connectivity index (χ4n) is 3.25. The maximum absolute atomic E-state index is 12.8. The highest BCUT2D eigenvalue weighted by molar-refractivity contribution is 6.05. The van der Waals surface area contributed by atoms with Crippen molar-refractivity contribution < 1.29 is 9.59 Å². The van der Waals surface area contributed by atoms with Gasteiger partial charge in [-0.1, -0.05) is 12.1 Å². The Kier molecular flexibility index (Phi) is 6.02. The van der Waals surface area contributed by atoms with Crippen LogP contribution in [0.3, 0.4) is 0 Å². The van der Waals surface area contributed by atoms with E-state index in [1.54, 1.807) is 0 Å². The first-order valence-corrected chi connectivity index (χ1v) is 8.07. The van der Waals surface area contributed by atoms with Crippen molar-refractivity contribution in [3.63, 3.8) is 0 Å². The summed E-state index contributed by atoms with van der Waals surface area (Å²) < 4.78 is 0. The highest BCUT2D eigenvalue weighted by atomic mass is 35.5. The Bertz CT molecular complexity index is 579. The lowest BCUT2D eigenvalue weighted by Gasteiger charge is -2.20. The van der Waals surface area contributed by atoms with Crippen molar-refractivity contribution in [2.45, 2.75) is 26.2 Å². The van der Waals surface area contributed by atoms with Crippen molar-refractivity contribution in [2.75, 3.05) is 31.5 Å². The maximum Gasteiger partial charge on any atom is 0.256 e. The van der Waals surface area contributed by atoms with E-state index in [0.717, 1.165) is 44.5 Å². The smallest absolute Gasteiger partial charge is 0.256 e. The fraction of sp³-hybridized carbons (Fsp3) is 0.529. The van der Waals surface area contributed by atoms with Crippen molar-refractivity contribution in [3.8, 4) is 0 Å². The number of likely N-dealkylation sites (tertiary alicyclic amines) is 1. The molecule has 2 heterocycles. The van der Waals surface area contributed by atoms with E-state index in [0.29, 0.717) is 17.8 Å². The van der Waals surface area contributed by atoms with Gasteiger partial charge in [0.05, 0.1) is 17.2 Å². The molecule has 0 radical (unpaired) electrons. The normalized spacial score (nSPS) is 20.2. The van der Waals surface area contributed by atoms with Crippen molar-refractivity contribution in [3.05, 3.63) is 29.3 Å². The van der Waals surface area contributed by atoms with Gasteiger partial charge in [-0.3, -0.25) is 9.59 Å². The molecule has 1 atom stereocenters. The van der Waals surface area contributed by atoms with Gasteiger partial charge in [0.2, 0.25) is 5.91 Å². The summed E-state index contributed by atoms with van der Waals surface area (Å²) in [6.07, 6.45) is 2.98. The second-order valence-electron chi connectivity index (χ2n) is 6.18. The Labute approximate surface area is 143 Å². The van der Waals surface area contributed by atoms with Crippen LogP contribution in [0.2, 0.25) is 0 Å². The molecule has 0 spiro atoms. The molecule has 2 N–H and O–H groups in total. The molecule has 0 saturated carbocycles. The number of rotatable bonds is 3. The van der Waals surface area contributed by atoms with Gasteiger partial charge in [0.15, 0.2) is 0 Å². The number of halogens is 1. The average Bonchev–Trinajstić information content (AvgIpc) is 3.20. The van der Waals surface area contributed by atoms with Gasteiger partial charge < -0.3 is 15.5 Å². The molecule has 2 aliphatic heterocycles. The minimum absolute atomic E-state index is 0. The summed E-state index contributed by atoms with van der Waals surface area (Å²) in [6.45, 7) is 5.15. The van der Waals surface area contributed by atoms with Crippen molar-refractivity contribution in [2.24, 2.45) is 5.92 Å². The number of hydrogen-bond donors (Lipinski definition) is 2. The van der Waals surface area contributed by atoms with Crippen LogP contribution in [0, 0.1) is 12.8 Å². The SMILES string of the molecule is Cc1cccc(NC(=O)C2CCNC2)c1C(=O)N1CCCC1.Cl. The monoisotopic (exact) mass is 337 g/mol. The van der Waals surface area contributed by atoms with Gasteiger partial charge in [-0.25, -0.2) is 0 Å². The van der Waals surface area contributed by atoms with E-state index >= 15 is 0 Å². The van der Waals surface area contributed by atoms with Crippen molar-refractivity contribution >= 4 is 29.9 Å². The molecule has 2 amide bonds. The van der Waals surface area contributed by atoms with E-state index in [1.807, 2.05) is 30.0 Å². The standard InChI is InChI=1S/C17H23N3O2.ClH/c1-12-5-4-6-14(19-16(21)13-7-8-18-11-13)15(12)17(22)20-9-2-3-10-20;/h4-6,13,18H,2-3,7-11H2,1H3,(H,19,21);1H. The molecule has 6 heteroatoms. The molecule has 1 unspecified atom stereocenters. The summed E-state index contributed by atoms with van der Waals surface area (Å²) >= 11 is 0. The van der Waals surface area contributed by atoms with Gasteiger partial charge >= 0.3 is 0 Å².